The van der Waals surface area contributed by atoms with Crippen molar-refractivity contribution in [3.05, 3.63) is 34.6 Å². The van der Waals surface area contributed by atoms with E-state index in [2.05, 4.69) is 9.72 Å². The molecule has 6 heteroatoms. The Kier molecular flexibility index (Phi) is 3.80. The van der Waals surface area contributed by atoms with Gasteiger partial charge in [-0.1, -0.05) is 0 Å². The molecule has 1 aromatic carbocycles. The number of esters is 1. The van der Waals surface area contributed by atoms with Gasteiger partial charge in [-0.3, -0.25) is 0 Å². The van der Waals surface area contributed by atoms with Gasteiger partial charge in [-0.05, 0) is 25.1 Å². The normalized spacial score (nSPS) is 10.3. The fourth-order valence-electron chi connectivity index (χ4n) is 1.60. The summed E-state index contributed by atoms with van der Waals surface area (Å²) >= 11 is 1.35. The Morgan fingerprint density at radius 1 is 1.37 bits per heavy atom. The lowest BCUT2D eigenvalue weighted by molar-refractivity contribution is 0.0594. The first-order valence-electron chi connectivity index (χ1n) is 5.46. The molecule has 1 heterocycles. The highest BCUT2D eigenvalue weighted by atomic mass is 32.1. The van der Waals surface area contributed by atoms with E-state index in [0.717, 1.165) is 4.88 Å². The molecule has 0 radical (unpaired) electrons. The second kappa shape index (κ2) is 5.36. The summed E-state index contributed by atoms with van der Waals surface area (Å²) in [7, 11) is 2.71. The van der Waals surface area contributed by atoms with Crippen LogP contribution in [0.5, 0.6) is 5.75 Å². The summed E-state index contributed by atoms with van der Waals surface area (Å²) in [6, 6.07) is 4.45. The molecule has 2 aromatic rings. The molecule has 0 bridgehead atoms. The number of carbonyl (C=O) groups excluding carboxylic acids is 1. The van der Waals surface area contributed by atoms with E-state index >= 15 is 0 Å². The molecule has 0 aliphatic rings. The fourth-order valence-corrected chi connectivity index (χ4v) is 2.50. The fraction of sp³-hybridized carbons (Fsp3) is 0.231. The molecule has 0 fully saturated rings. The van der Waals surface area contributed by atoms with Crippen molar-refractivity contribution in [1.29, 1.82) is 0 Å². The van der Waals surface area contributed by atoms with Crippen LogP contribution in [-0.4, -0.2) is 25.2 Å². The van der Waals surface area contributed by atoms with Crippen LogP contribution in [0.2, 0.25) is 0 Å². The minimum atomic E-state index is -0.478. The Morgan fingerprint density at radius 2 is 2.11 bits per heavy atom. The third-order valence-corrected chi connectivity index (χ3v) is 3.59. The van der Waals surface area contributed by atoms with Crippen molar-refractivity contribution < 1.29 is 18.7 Å². The molecular formula is C13H12FNO3S. The number of methoxy groups -OCH3 is 2. The molecule has 4 nitrogen and oxygen atoms in total. The van der Waals surface area contributed by atoms with Gasteiger partial charge in [-0.25, -0.2) is 14.2 Å². The molecule has 0 aliphatic heterocycles. The van der Waals surface area contributed by atoms with Crippen LogP contribution in [0.3, 0.4) is 0 Å². The minimum Gasteiger partial charge on any atom is -0.494 e. The van der Waals surface area contributed by atoms with Crippen LogP contribution < -0.4 is 4.74 Å². The Labute approximate surface area is 113 Å². The third kappa shape index (κ3) is 2.58. The number of carbonyl (C=O) groups is 1. The number of nitrogens with zero attached hydrogens (tertiary/aromatic N) is 1. The second-order valence-corrected chi connectivity index (χ2v) is 4.97. The summed E-state index contributed by atoms with van der Waals surface area (Å²) in [5, 5.41) is 0.621. The van der Waals surface area contributed by atoms with E-state index < -0.39 is 11.8 Å². The lowest BCUT2D eigenvalue weighted by Crippen LogP contribution is -2.03. The SMILES string of the molecule is COC(=O)c1nc(-c2ccc(F)c(OC)c2)sc1C. The number of rotatable bonds is 3. The van der Waals surface area contributed by atoms with E-state index in [1.54, 1.807) is 19.1 Å². The molecule has 100 valence electrons. The predicted molar refractivity (Wildman–Crippen MR) is 70.1 cm³/mol. The monoisotopic (exact) mass is 281 g/mol. The van der Waals surface area contributed by atoms with Crippen LogP contribution in [0.15, 0.2) is 18.2 Å². The van der Waals surface area contributed by atoms with Gasteiger partial charge >= 0.3 is 5.97 Å². The standard InChI is InChI=1S/C13H12FNO3S/c1-7-11(13(16)18-3)15-12(19-7)8-4-5-9(14)10(6-8)17-2/h4-6H,1-3H3. The third-order valence-electron chi connectivity index (χ3n) is 2.57. The molecule has 0 amide bonds. The van der Waals surface area contributed by atoms with Crippen molar-refractivity contribution in [2.75, 3.05) is 14.2 Å². The minimum absolute atomic E-state index is 0.143. The van der Waals surface area contributed by atoms with Crippen LogP contribution >= 0.6 is 11.3 Å². The first kappa shape index (κ1) is 13.5. The molecule has 1 aromatic heterocycles. The number of halogens is 1. The van der Waals surface area contributed by atoms with Gasteiger partial charge < -0.3 is 9.47 Å². The van der Waals surface area contributed by atoms with Gasteiger partial charge in [-0.15, -0.1) is 11.3 Å². The molecule has 19 heavy (non-hydrogen) atoms. The number of benzene rings is 1. The molecule has 0 unspecified atom stereocenters. The van der Waals surface area contributed by atoms with Crippen molar-refractivity contribution in [2.24, 2.45) is 0 Å². The van der Waals surface area contributed by atoms with Gasteiger partial charge in [0.15, 0.2) is 17.3 Å². The first-order chi connectivity index (χ1) is 9.06. The highest BCUT2D eigenvalue weighted by Gasteiger charge is 2.17. The topological polar surface area (TPSA) is 48.4 Å². The average molecular weight is 281 g/mol. The van der Waals surface area contributed by atoms with Gasteiger partial charge in [0.1, 0.15) is 5.01 Å². The van der Waals surface area contributed by atoms with Crippen molar-refractivity contribution >= 4 is 17.3 Å². The summed E-state index contributed by atoms with van der Waals surface area (Å²) in [5.41, 5.74) is 0.979. The van der Waals surface area contributed by atoms with Crippen molar-refractivity contribution in [3.8, 4) is 16.3 Å². The molecule has 0 aliphatic carbocycles. The highest BCUT2D eigenvalue weighted by molar-refractivity contribution is 7.15. The number of thiazole rings is 1. The maximum atomic E-state index is 13.3. The van der Waals surface area contributed by atoms with E-state index in [9.17, 15) is 9.18 Å². The zero-order chi connectivity index (χ0) is 14.0. The van der Waals surface area contributed by atoms with Crippen LogP contribution in [-0.2, 0) is 4.74 Å². The maximum absolute atomic E-state index is 13.3. The number of aromatic nitrogens is 1. The van der Waals surface area contributed by atoms with Crippen LogP contribution in [0, 0.1) is 12.7 Å². The molecule has 0 N–H and O–H groups in total. The molecule has 0 saturated heterocycles. The lowest BCUT2D eigenvalue weighted by atomic mass is 10.2. The molecule has 2 rings (SSSR count). The van der Waals surface area contributed by atoms with Crippen molar-refractivity contribution in [3.63, 3.8) is 0 Å². The van der Waals surface area contributed by atoms with E-state index in [4.69, 9.17) is 4.74 Å². The highest BCUT2D eigenvalue weighted by Crippen LogP contribution is 2.31. The Hall–Kier alpha value is -1.95. The first-order valence-corrected chi connectivity index (χ1v) is 6.28. The maximum Gasteiger partial charge on any atom is 0.357 e. The lowest BCUT2D eigenvalue weighted by Gasteiger charge is -2.03. The predicted octanol–water partition coefficient (Wildman–Crippen LogP) is 3.05. The summed E-state index contributed by atoms with van der Waals surface area (Å²) in [5.74, 6) is -0.772. The average Bonchev–Trinajstić information content (AvgIpc) is 2.80. The number of hydrogen-bond acceptors (Lipinski definition) is 5. The summed E-state index contributed by atoms with van der Waals surface area (Å²) in [6.45, 7) is 1.79. The summed E-state index contributed by atoms with van der Waals surface area (Å²) in [4.78, 5) is 16.5. The van der Waals surface area contributed by atoms with E-state index in [1.807, 2.05) is 0 Å². The van der Waals surface area contributed by atoms with Gasteiger partial charge in [0.05, 0.1) is 14.2 Å². The Morgan fingerprint density at radius 3 is 2.74 bits per heavy atom. The zero-order valence-electron chi connectivity index (χ0n) is 10.7. The largest absolute Gasteiger partial charge is 0.494 e. The smallest absolute Gasteiger partial charge is 0.357 e. The zero-order valence-corrected chi connectivity index (χ0v) is 11.5. The number of aryl methyl sites for hydroxylation is 1. The van der Waals surface area contributed by atoms with Gasteiger partial charge in [0, 0.05) is 10.4 Å². The van der Waals surface area contributed by atoms with Crippen molar-refractivity contribution in [2.45, 2.75) is 6.92 Å². The number of hydrogen-bond donors (Lipinski definition) is 0. The Balaban J connectivity index is 2.45. The van der Waals surface area contributed by atoms with Crippen LogP contribution in [0.25, 0.3) is 10.6 Å². The van der Waals surface area contributed by atoms with Gasteiger partial charge in [-0.2, -0.15) is 0 Å². The molecule has 0 atom stereocenters. The second-order valence-electron chi connectivity index (χ2n) is 3.76. The quantitative estimate of drug-likeness (QED) is 0.811. The van der Waals surface area contributed by atoms with Gasteiger partial charge in [0.25, 0.3) is 0 Å². The van der Waals surface area contributed by atoms with Crippen molar-refractivity contribution in [1.82, 2.24) is 4.98 Å². The molecule has 0 saturated carbocycles. The summed E-state index contributed by atoms with van der Waals surface area (Å²) < 4.78 is 22.9. The molecule has 0 spiro atoms. The van der Waals surface area contributed by atoms with Crippen LogP contribution in [0.4, 0.5) is 4.39 Å². The van der Waals surface area contributed by atoms with Crippen LogP contribution in [0.1, 0.15) is 15.4 Å². The number of ether oxygens (including phenoxy) is 2. The molecular weight excluding hydrogens is 269 g/mol. The summed E-state index contributed by atoms with van der Waals surface area (Å²) in [6.07, 6.45) is 0. The van der Waals surface area contributed by atoms with E-state index in [0.29, 0.717) is 10.6 Å². The van der Waals surface area contributed by atoms with E-state index in [1.165, 1.54) is 31.6 Å². The van der Waals surface area contributed by atoms with E-state index in [-0.39, 0.29) is 11.4 Å². The van der Waals surface area contributed by atoms with Gasteiger partial charge in [0.2, 0.25) is 0 Å². The Bertz CT molecular complexity index is 624.